The van der Waals surface area contributed by atoms with Gasteiger partial charge in [0.15, 0.2) is 6.61 Å². The third-order valence-corrected chi connectivity index (χ3v) is 4.25. The van der Waals surface area contributed by atoms with Crippen molar-refractivity contribution >= 4 is 23.5 Å². The summed E-state index contributed by atoms with van der Waals surface area (Å²) in [6.07, 6.45) is 0. The van der Waals surface area contributed by atoms with Gasteiger partial charge in [-0.2, -0.15) is 0 Å². The summed E-state index contributed by atoms with van der Waals surface area (Å²) in [5.74, 6) is -0.858. The van der Waals surface area contributed by atoms with Gasteiger partial charge < -0.3 is 14.6 Å². The van der Waals surface area contributed by atoms with Gasteiger partial charge >= 0.3 is 5.97 Å². The minimum absolute atomic E-state index is 0.292. The van der Waals surface area contributed by atoms with Crippen LogP contribution in [0.5, 0.6) is 0 Å². The minimum atomic E-state index is -0.490. The Morgan fingerprint density at radius 2 is 1.96 bits per heavy atom. The van der Waals surface area contributed by atoms with Gasteiger partial charge in [-0.25, -0.2) is 4.79 Å². The lowest BCUT2D eigenvalue weighted by Gasteiger charge is -2.08. The zero-order valence-electron chi connectivity index (χ0n) is 14.1. The normalized spacial score (nSPS) is 10.5. The second-order valence-corrected chi connectivity index (χ2v) is 5.88. The first kappa shape index (κ1) is 18.1. The molecule has 0 unspecified atom stereocenters. The van der Waals surface area contributed by atoms with E-state index in [1.807, 2.05) is 43.5 Å². The Bertz CT molecular complexity index is 753. The Morgan fingerprint density at radius 3 is 2.58 bits per heavy atom. The number of ether oxygens (including phenoxy) is 1. The van der Waals surface area contributed by atoms with Gasteiger partial charge in [0.2, 0.25) is 0 Å². The molecule has 0 radical (unpaired) electrons. The standard InChI is InChI=1S/C18H21ClN2O3/c1-4-21-12(2)9-15(13(21)3)18(23)24-11-17(22)20-10-14-7-5-6-8-16(14)19/h5-9H,4,10-11H2,1-3H3,(H,20,22). The molecule has 0 saturated carbocycles. The molecule has 0 saturated heterocycles. The molecular formula is C18H21ClN2O3. The number of hydrogen-bond acceptors (Lipinski definition) is 3. The number of nitrogens with zero attached hydrogens (tertiary/aromatic N) is 1. The van der Waals surface area contributed by atoms with Crippen molar-refractivity contribution in [1.29, 1.82) is 0 Å². The molecule has 1 N–H and O–H groups in total. The van der Waals surface area contributed by atoms with E-state index in [-0.39, 0.29) is 12.5 Å². The van der Waals surface area contributed by atoms with E-state index < -0.39 is 5.97 Å². The van der Waals surface area contributed by atoms with Crippen LogP contribution in [0.1, 0.15) is 34.2 Å². The van der Waals surface area contributed by atoms with Crippen LogP contribution in [0.25, 0.3) is 0 Å². The second kappa shape index (κ2) is 8.02. The highest BCUT2D eigenvalue weighted by molar-refractivity contribution is 6.31. The van der Waals surface area contributed by atoms with E-state index in [0.29, 0.717) is 17.1 Å². The van der Waals surface area contributed by atoms with E-state index in [2.05, 4.69) is 5.32 Å². The predicted molar refractivity (Wildman–Crippen MR) is 93.2 cm³/mol. The molecule has 0 spiro atoms. The average molecular weight is 349 g/mol. The summed E-state index contributed by atoms with van der Waals surface area (Å²) < 4.78 is 7.13. The highest BCUT2D eigenvalue weighted by Crippen LogP contribution is 2.16. The van der Waals surface area contributed by atoms with E-state index >= 15 is 0 Å². The Morgan fingerprint density at radius 1 is 1.25 bits per heavy atom. The van der Waals surface area contributed by atoms with Gasteiger partial charge in [-0.05, 0) is 38.5 Å². The summed E-state index contributed by atoms with van der Waals surface area (Å²) in [6, 6.07) is 9.03. The smallest absolute Gasteiger partial charge is 0.340 e. The van der Waals surface area contributed by atoms with Crippen molar-refractivity contribution in [2.45, 2.75) is 33.9 Å². The van der Waals surface area contributed by atoms with Crippen molar-refractivity contribution in [2.75, 3.05) is 6.61 Å². The van der Waals surface area contributed by atoms with Crippen LogP contribution in [0, 0.1) is 13.8 Å². The van der Waals surface area contributed by atoms with Crippen LogP contribution in [-0.2, 0) is 22.6 Å². The Kier molecular flexibility index (Phi) is 6.04. The number of amides is 1. The van der Waals surface area contributed by atoms with E-state index in [0.717, 1.165) is 23.5 Å². The van der Waals surface area contributed by atoms with Crippen molar-refractivity contribution in [3.63, 3.8) is 0 Å². The summed E-state index contributed by atoms with van der Waals surface area (Å²) in [7, 11) is 0. The molecule has 128 valence electrons. The highest BCUT2D eigenvalue weighted by Gasteiger charge is 2.17. The van der Waals surface area contributed by atoms with Gasteiger partial charge in [0.05, 0.1) is 5.56 Å². The van der Waals surface area contributed by atoms with E-state index in [4.69, 9.17) is 16.3 Å². The molecule has 1 aromatic heterocycles. The Hall–Kier alpha value is -2.27. The van der Waals surface area contributed by atoms with Crippen molar-refractivity contribution in [3.8, 4) is 0 Å². The van der Waals surface area contributed by atoms with Gasteiger partial charge in [0, 0.05) is 29.5 Å². The minimum Gasteiger partial charge on any atom is -0.452 e. The average Bonchev–Trinajstić information content (AvgIpc) is 2.85. The molecule has 0 aliphatic heterocycles. The Balaban J connectivity index is 1.88. The van der Waals surface area contributed by atoms with Crippen molar-refractivity contribution < 1.29 is 14.3 Å². The maximum absolute atomic E-state index is 12.1. The molecule has 0 atom stereocenters. The molecule has 2 rings (SSSR count). The van der Waals surface area contributed by atoms with Crippen LogP contribution >= 0.6 is 11.6 Å². The predicted octanol–water partition coefficient (Wildman–Crippen LogP) is 3.25. The molecule has 1 heterocycles. The number of nitrogens with one attached hydrogen (secondary N) is 1. The topological polar surface area (TPSA) is 60.3 Å². The molecule has 6 heteroatoms. The SMILES string of the molecule is CCn1c(C)cc(C(=O)OCC(=O)NCc2ccccc2Cl)c1C. The van der Waals surface area contributed by atoms with Gasteiger partial charge in [0.25, 0.3) is 5.91 Å². The number of halogens is 1. The fourth-order valence-electron chi connectivity index (χ4n) is 2.59. The number of hydrogen-bond donors (Lipinski definition) is 1. The molecule has 0 bridgehead atoms. The molecule has 5 nitrogen and oxygen atoms in total. The van der Waals surface area contributed by atoms with Gasteiger partial charge in [0.1, 0.15) is 0 Å². The van der Waals surface area contributed by atoms with Gasteiger partial charge in [-0.1, -0.05) is 29.8 Å². The van der Waals surface area contributed by atoms with E-state index in [1.165, 1.54) is 0 Å². The largest absolute Gasteiger partial charge is 0.452 e. The molecule has 2 aromatic rings. The maximum atomic E-state index is 12.1. The molecule has 1 amide bonds. The van der Waals surface area contributed by atoms with Crippen LogP contribution in [0.15, 0.2) is 30.3 Å². The second-order valence-electron chi connectivity index (χ2n) is 5.47. The van der Waals surface area contributed by atoms with Crippen molar-refractivity contribution in [1.82, 2.24) is 9.88 Å². The van der Waals surface area contributed by atoms with Gasteiger partial charge in [-0.3, -0.25) is 4.79 Å². The van der Waals surface area contributed by atoms with Crippen LogP contribution in [0.4, 0.5) is 0 Å². The summed E-state index contributed by atoms with van der Waals surface area (Å²) >= 11 is 6.02. The highest BCUT2D eigenvalue weighted by atomic mass is 35.5. The number of rotatable bonds is 6. The lowest BCUT2D eigenvalue weighted by Crippen LogP contribution is -2.28. The summed E-state index contributed by atoms with van der Waals surface area (Å²) in [6.45, 7) is 6.56. The molecule has 0 aliphatic rings. The maximum Gasteiger partial charge on any atom is 0.340 e. The number of carbonyl (C=O) groups is 2. The quantitative estimate of drug-likeness (QED) is 0.815. The van der Waals surface area contributed by atoms with Crippen molar-refractivity contribution in [2.24, 2.45) is 0 Å². The van der Waals surface area contributed by atoms with Crippen LogP contribution in [0.2, 0.25) is 5.02 Å². The lowest BCUT2D eigenvalue weighted by atomic mass is 10.2. The first-order chi connectivity index (χ1) is 11.4. The number of esters is 1. The van der Waals surface area contributed by atoms with E-state index in [9.17, 15) is 9.59 Å². The van der Waals surface area contributed by atoms with Crippen LogP contribution in [-0.4, -0.2) is 23.1 Å². The number of aryl methyl sites for hydroxylation is 1. The fraction of sp³-hybridized carbons (Fsp3) is 0.333. The third kappa shape index (κ3) is 4.17. The Labute approximate surface area is 146 Å². The van der Waals surface area contributed by atoms with Crippen LogP contribution < -0.4 is 5.32 Å². The summed E-state index contributed by atoms with van der Waals surface area (Å²) in [5.41, 5.74) is 3.14. The molecule has 24 heavy (non-hydrogen) atoms. The first-order valence-corrected chi connectivity index (χ1v) is 8.15. The number of carbonyl (C=O) groups excluding carboxylic acids is 2. The third-order valence-electron chi connectivity index (χ3n) is 3.88. The molecule has 1 aromatic carbocycles. The molecular weight excluding hydrogens is 328 g/mol. The van der Waals surface area contributed by atoms with Gasteiger partial charge in [-0.15, -0.1) is 0 Å². The summed E-state index contributed by atoms with van der Waals surface area (Å²) in [5, 5.41) is 3.27. The zero-order valence-corrected chi connectivity index (χ0v) is 14.8. The first-order valence-electron chi connectivity index (χ1n) is 7.78. The lowest BCUT2D eigenvalue weighted by molar-refractivity contribution is -0.124. The number of benzene rings is 1. The number of aromatic nitrogens is 1. The van der Waals surface area contributed by atoms with E-state index in [1.54, 1.807) is 12.1 Å². The zero-order chi connectivity index (χ0) is 17.7. The van der Waals surface area contributed by atoms with Crippen molar-refractivity contribution in [3.05, 3.63) is 57.9 Å². The summed E-state index contributed by atoms with van der Waals surface area (Å²) in [4.78, 5) is 24.0. The van der Waals surface area contributed by atoms with Crippen LogP contribution in [0.3, 0.4) is 0 Å². The molecule has 0 fully saturated rings. The monoisotopic (exact) mass is 348 g/mol. The molecule has 0 aliphatic carbocycles. The fourth-order valence-corrected chi connectivity index (χ4v) is 2.79.